The lowest BCUT2D eigenvalue weighted by Gasteiger charge is -2.31. The zero-order valence-electron chi connectivity index (χ0n) is 10.8. The molecule has 0 heterocycles. The van der Waals surface area contributed by atoms with Crippen molar-refractivity contribution in [1.29, 1.82) is 0 Å². The summed E-state index contributed by atoms with van der Waals surface area (Å²) >= 11 is 0. The Balaban J connectivity index is 2.97. The highest BCUT2D eigenvalue weighted by Crippen LogP contribution is 2.15. The molecular weight excluding hydrogens is 264 g/mol. The molecule has 1 aromatic rings. The van der Waals surface area contributed by atoms with E-state index in [1.165, 1.54) is 12.6 Å². The van der Waals surface area contributed by atoms with Crippen molar-refractivity contribution >= 4 is 28.3 Å². The molecule has 0 aliphatic rings. The molecule has 0 aliphatic carbocycles. The molecule has 18 heavy (non-hydrogen) atoms. The summed E-state index contributed by atoms with van der Waals surface area (Å²) in [6.45, 7) is 8.41. The third-order valence-corrected chi connectivity index (χ3v) is 7.96. The third kappa shape index (κ3) is 3.92. The van der Waals surface area contributed by atoms with Gasteiger partial charge < -0.3 is 13.3 Å². The topological polar surface area (TPSA) is 55.8 Å². The van der Waals surface area contributed by atoms with E-state index in [4.69, 9.17) is 8.54 Å². The number of carbonyl (C=O) groups excluding carboxylic acids is 1. The molecule has 4 nitrogen and oxygen atoms in total. The van der Waals surface area contributed by atoms with Crippen LogP contribution in [0.5, 0.6) is 0 Å². The van der Waals surface area contributed by atoms with E-state index < -0.39 is 23.1 Å². The Labute approximate surface area is 109 Å². The molecule has 0 fully saturated rings. The molecule has 1 aromatic carbocycles. The maximum absolute atomic E-state index is 11.0. The van der Waals surface area contributed by atoms with Crippen LogP contribution in [0.1, 0.15) is 6.92 Å². The van der Waals surface area contributed by atoms with E-state index >= 15 is 0 Å². The summed E-state index contributed by atoms with van der Waals surface area (Å²) in [6.07, 6.45) is 0. The van der Waals surface area contributed by atoms with E-state index in [2.05, 4.69) is 6.58 Å². The van der Waals surface area contributed by atoms with Crippen LogP contribution in [0.2, 0.25) is 13.1 Å². The molecule has 0 spiro atoms. The van der Waals surface area contributed by atoms with Crippen molar-refractivity contribution in [2.75, 3.05) is 0 Å². The van der Waals surface area contributed by atoms with E-state index in [0.717, 1.165) is 0 Å². The summed E-state index contributed by atoms with van der Waals surface area (Å²) in [6, 6.07) is 9.06. The highest BCUT2D eigenvalue weighted by molar-refractivity contribution is 6.91. The molecular formula is C12H18O4Si2. The van der Waals surface area contributed by atoms with Crippen LogP contribution in [0, 0.1) is 0 Å². The summed E-state index contributed by atoms with van der Waals surface area (Å²) in [5.41, 5.74) is 1.43. The van der Waals surface area contributed by atoms with Crippen LogP contribution in [0.4, 0.5) is 0 Å². The molecule has 1 unspecified atom stereocenters. The van der Waals surface area contributed by atoms with Gasteiger partial charge >= 0.3 is 17.1 Å². The van der Waals surface area contributed by atoms with E-state index in [9.17, 15) is 9.59 Å². The lowest BCUT2D eigenvalue weighted by atomic mass is 10.4. The van der Waals surface area contributed by atoms with Crippen molar-refractivity contribution in [3.8, 4) is 0 Å². The van der Waals surface area contributed by atoms with Gasteiger partial charge in [0.15, 0.2) is 0 Å². The first-order valence-corrected chi connectivity index (χ1v) is 10.4. The number of rotatable bonds is 5. The second-order valence-corrected chi connectivity index (χ2v) is 10.6. The molecule has 1 rings (SSSR count). The minimum Gasteiger partial charge on any atom is -0.495 e. The fourth-order valence-electron chi connectivity index (χ4n) is 1.64. The standard InChI is InChI=1S/C12H18O4Si2/c1-5-18(14,12-9-7-6-8-10-12)16-17(3,4)15-11(2)13/h5-10,14H,1H2,2-4H3. The number of carbonyl (C=O) groups is 1. The summed E-state index contributed by atoms with van der Waals surface area (Å²) < 4.78 is 10.9. The maximum atomic E-state index is 11.0. The molecule has 0 saturated heterocycles. The van der Waals surface area contributed by atoms with Crippen LogP contribution in [-0.2, 0) is 13.3 Å². The van der Waals surface area contributed by atoms with Crippen molar-refractivity contribution in [3.63, 3.8) is 0 Å². The van der Waals surface area contributed by atoms with Gasteiger partial charge in [0.1, 0.15) is 0 Å². The number of hydrogen-bond acceptors (Lipinski definition) is 4. The van der Waals surface area contributed by atoms with Crippen LogP contribution in [-0.4, -0.2) is 27.9 Å². The Hall–Kier alpha value is -1.22. The fraction of sp³-hybridized carbons (Fsp3) is 0.250. The molecule has 0 radical (unpaired) electrons. The summed E-state index contributed by atoms with van der Waals surface area (Å²) in [5, 5.41) is 0.688. The zero-order chi connectivity index (χ0) is 13.8. The molecule has 0 aliphatic heterocycles. The van der Waals surface area contributed by atoms with Crippen LogP contribution in [0.3, 0.4) is 0 Å². The molecule has 1 N–H and O–H groups in total. The van der Waals surface area contributed by atoms with Gasteiger partial charge in [0.25, 0.3) is 5.97 Å². The van der Waals surface area contributed by atoms with Crippen LogP contribution in [0.15, 0.2) is 42.6 Å². The first-order valence-electron chi connectivity index (χ1n) is 5.60. The smallest absolute Gasteiger partial charge is 0.388 e. The second kappa shape index (κ2) is 5.62. The largest absolute Gasteiger partial charge is 0.495 e. The van der Waals surface area contributed by atoms with Crippen LogP contribution >= 0.6 is 0 Å². The third-order valence-electron chi connectivity index (χ3n) is 2.25. The Morgan fingerprint density at radius 1 is 1.33 bits per heavy atom. The molecule has 6 heteroatoms. The highest BCUT2D eigenvalue weighted by atomic mass is 28.5. The molecule has 98 valence electrons. The summed E-state index contributed by atoms with van der Waals surface area (Å²) in [7, 11) is -5.97. The predicted octanol–water partition coefficient (Wildman–Crippen LogP) is 1.33. The first kappa shape index (κ1) is 14.8. The van der Waals surface area contributed by atoms with Gasteiger partial charge in [-0.25, -0.2) is 0 Å². The van der Waals surface area contributed by atoms with Crippen molar-refractivity contribution in [1.82, 2.24) is 0 Å². The van der Waals surface area contributed by atoms with Gasteiger partial charge in [-0.3, -0.25) is 4.79 Å². The van der Waals surface area contributed by atoms with Gasteiger partial charge in [-0.1, -0.05) is 30.3 Å². The normalized spacial score (nSPS) is 14.7. The quantitative estimate of drug-likeness (QED) is 0.828. The average Bonchev–Trinajstić information content (AvgIpc) is 2.27. The monoisotopic (exact) mass is 282 g/mol. The van der Waals surface area contributed by atoms with Gasteiger partial charge in [-0.2, -0.15) is 0 Å². The molecule has 0 aromatic heterocycles. The van der Waals surface area contributed by atoms with Crippen molar-refractivity contribution in [2.45, 2.75) is 20.0 Å². The number of hydrogen-bond donors (Lipinski definition) is 1. The highest BCUT2D eigenvalue weighted by Gasteiger charge is 2.42. The fourth-order valence-corrected chi connectivity index (χ4v) is 7.20. The minimum absolute atomic E-state index is 0.403. The van der Waals surface area contributed by atoms with Crippen LogP contribution < -0.4 is 5.19 Å². The van der Waals surface area contributed by atoms with Gasteiger partial charge in [-0.15, -0.1) is 6.58 Å². The van der Waals surface area contributed by atoms with Crippen molar-refractivity contribution < 1.29 is 18.1 Å². The van der Waals surface area contributed by atoms with E-state index in [-0.39, 0.29) is 0 Å². The summed E-state index contributed by atoms with van der Waals surface area (Å²) in [5.74, 6) is -0.403. The zero-order valence-corrected chi connectivity index (χ0v) is 12.8. The minimum atomic E-state index is -3.25. The number of benzene rings is 1. The first-order chi connectivity index (χ1) is 8.29. The molecule has 1 atom stereocenters. The van der Waals surface area contributed by atoms with Crippen LogP contribution in [0.25, 0.3) is 0 Å². The summed E-state index contributed by atoms with van der Waals surface area (Å²) in [4.78, 5) is 21.6. The van der Waals surface area contributed by atoms with Crippen molar-refractivity contribution in [2.24, 2.45) is 0 Å². The van der Waals surface area contributed by atoms with Gasteiger partial charge in [0.05, 0.1) is 0 Å². The Bertz CT molecular complexity index is 433. The lowest BCUT2D eigenvalue weighted by Crippen LogP contribution is -2.57. The SMILES string of the molecule is C=C[Si](O)(O[Si](C)(C)OC(C)=O)c1ccccc1. The molecule has 0 bridgehead atoms. The molecule has 0 amide bonds. The Kier molecular flexibility index (Phi) is 4.63. The maximum Gasteiger partial charge on any atom is 0.388 e. The molecule has 0 saturated carbocycles. The Morgan fingerprint density at radius 3 is 2.33 bits per heavy atom. The average molecular weight is 282 g/mol. The van der Waals surface area contributed by atoms with E-state index in [1.54, 1.807) is 25.2 Å². The predicted molar refractivity (Wildman–Crippen MR) is 74.6 cm³/mol. The van der Waals surface area contributed by atoms with E-state index in [0.29, 0.717) is 5.19 Å². The van der Waals surface area contributed by atoms with Gasteiger partial charge in [0.2, 0.25) is 0 Å². The Morgan fingerprint density at radius 2 is 1.89 bits per heavy atom. The van der Waals surface area contributed by atoms with Gasteiger partial charge in [0, 0.05) is 6.92 Å². The van der Waals surface area contributed by atoms with Gasteiger partial charge in [-0.05, 0) is 24.0 Å². The van der Waals surface area contributed by atoms with E-state index in [1.807, 2.05) is 18.2 Å². The lowest BCUT2D eigenvalue weighted by molar-refractivity contribution is -0.133. The second-order valence-electron chi connectivity index (χ2n) is 4.36. The van der Waals surface area contributed by atoms with Crippen molar-refractivity contribution in [3.05, 3.63) is 42.6 Å².